The first-order chi connectivity index (χ1) is 9.51. The molecule has 0 radical (unpaired) electrons. The summed E-state index contributed by atoms with van der Waals surface area (Å²) in [6, 6.07) is 10.4. The van der Waals surface area contributed by atoms with E-state index in [0.29, 0.717) is 15.6 Å². The van der Waals surface area contributed by atoms with Crippen LogP contribution >= 0.6 is 39.1 Å². The van der Waals surface area contributed by atoms with Gasteiger partial charge in [0.1, 0.15) is 5.75 Å². The Morgan fingerprint density at radius 2 is 1.95 bits per heavy atom. The minimum absolute atomic E-state index is 0.0521. The van der Waals surface area contributed by atoms with Gasteiger partial charge in [-0.2, -0.15) is 0 Å². The normalized spacial score (nSPS) is 10.4. The molecule has 2 rings (SSSR count). The number of carbonyl (C=O) groups excluding carboxylic acids is 1. The first-order valence-electron chi connectivity index (χ1n) is 5.82. The van der Waals surface area contributed by atoms with Crippen LogP contribution in [0.5, 0.6) is 5.75 Å². The molecule has 0 N–H and O–H groups in total. The molecule has 0 saturated carbocycles. The molecule has 0 heterocycles. The molecule has 2 aromatic carbocycles. The summed E-state index contributed by atoms with van der Waals surface area (Å²) in [4.78, 5) is 12.2. The van der Waals surface area contributed by atoms with E-state index in [1.807, 2.05) is 18.2 Å². The Hall–Kier alpha value is -1.03. The first-order valence-corrected chi connectivity index (χ1v) is 7.37. The number of ether oxygens (including phenoxy) is 1. The molecule has 20 heavy (non-hydrogen) atoms. The van der Waals surface area contributed by atoms with Crippen molar-refractivity contribution in [1.82, 2.24) is 0 Å². The van der Waals surface area contributed by atoms with Gasteiger partial charge in [0.15, 0.2) is 5.78 Å². The molecule has 5 heteroatoms. The van der Waals surface area contributed by atoms with Crippen molar-refractivity contribution in [1.29, 1.82) is 0 Å². The topological polar surface area (TPSA) is 26.3 Å². The lowest BCUT2D eigenvalue weighted by Crippen LogP contribution is -2.04. The fourth-order valence-corrected chi connectivity index (χ4v) is 2.92. The van der Waals surface area contributed by atoms with Crippen molar-refractivity contribution < 1.29 is 9.53 Å². The van der Waals surface area contributed by atoms with Crippen LogP contribution in [0.1, 0.15) is 15.9 Å². The van der Waals surface area contributed by atoms with Gasteiger partial charge in [-0.3, -0.25) is 4.79 Å². The summed E-state index contributed by atoms with van der Waals surface area (Å²) in [6.07, 6.45) is 0.268. The molecule has 0 aliphatic carbocycles. The lowest BCUT2D eigenvalue weighted by Gasteiger charge is -2.07. The zero-order chi connectivity index (χ0) is 14.7. The quantitative estimate of drug-likeness (QED) is 0.689. The van der Waals surface area contributed by atoms with E-state index in [9.17, 15) is 4.79 Å². The molecule has 2 nitrogen and oxygen atoms in total. The Morgan fingerprint density at radius 1 is 1.20 bits per heavy atom. The standard InChI is InChI=1S/C15H11BrCl2O2/c1-20-15-5-2-9(6-12(15)16)7-14(19)11-4-3-10(17)8-13(11)18/h2-6,8H,7H2,1H3. The van der Waals surface area contributed by atoms with E-state index < -0.39 is 0 Å². The highest BCUT2D eigenvalue weighted by Gasteiger charge is 2.12. The predicted molar refractivity (Wildman–Crippen MR) is 85.2 cm³/mol. The van der Waals surface area contributed by atoms with E-state index in [-0.39, 0.29) is 12.2 Å². The number of benzene rings is 2. The average molecular weight is 374 g/mol. The third kappa shape index (κ3) is 3.54. The van der Waals surface area contributed by atoms with E-state index in [4.69, 9.17) is 27.9 Å². The van der Waals surface area contributed by atoms with Gasteiger partial charge in [0.05, 0.1) is 16.6 Å². The summed E-state index contributed by atoms with van der Waals surface area (Å²) < 4.78 is 5.97. The van der Waals surface area contributed by atoms with E-state index in [2.05, 4.69) is 15.9 Å². The van der Waals surface area contributed by atoms with Gasteiger partial charge < -0.3 is 4.74 Å². The van der Waals surface area contributed by atoms with E-state index in [1.165, 1.54) is 0 Å². The molecule has 0 unspecified atom stereocenters. The molecule has 0 bridgehead atoms. The third-order valence-electron chi connectivity index (χ3n) is 2.81. The number of methoxy groups -OCH3 is 1. The molecule has 0 aromatic heterocycles. The van der Waals surface area contributed by atoms with Crippen molar-refractivity contribution in [3.63, 3.8) is 0 Å². The number of carbonyl (C=O) groups is 1. The fourth-order valence-electron chi connectivity index (χ4n) is 1.82. The number of Topliss-reactive ketones (excluding diaryl/α,β-unsaturated/α-hetero) is 1. The molecule has 0 fully saturated rings. The van der Waals surface area contributed by atoms with E-state index >= 15 is 0 Å². The smallest absolute Gasteiger partial charge is 0.168 e. The Morgan fingerprint density at radius 3 is 2.55 bits per heavy atom. The Bertz CT molecular complexity index is 656. The van der Waals surface area contributed by atoms with Crippen LogP contribution in [0.3, 0.4) is 0 Å². The van der Waals surface area contributed by atoms with Crippen molar-refractivity contribution in [2.45, 2.75) is 6.42 Å². The van der Waals surface area contributed by atoms with Crippen LogP contribution in [-0.4, -0.2) is 12.9 Å². The van der Waals surface area contributed by atoms with Gasteiger partial charge in [0, 0.05) is 17.0 Å². The molecule has 0 aliphatic heterocycles. The average Bonchev–Trinajstić information content (AvgIpc) is 2.38. The van der Waals surface area contributed by atoms with Crippen molar-refractivity contribution in [2.24, 2.45) is 0 Å². The van der Waals surface area contributed by atoms with Crippen LogP contribution in [-0.2, 0) is 6.42 Å². The Kier molecular flexibility index (Phi) is 5.08. The van der Waals surface area contributed by atoms with Crippen molar-refractivity contribution >= 4 is 44.9 Å². The molecular weight excluding hydrogens is 363 g/mol. The second-order valence-electron chi connectivity index (χ2n) is 4.19. The zero-order valence-corrected chi connectivity index (χ0v) is 13.7. The summed E-state index contributed by atoms with van der Waals surface area (Å²) in [5, 5.41) is 0.883. The molecule has 0 atom stereocenters. The molecule has 0 aliphatic rings. The number of rotatable bonds is 4. The lowest BCUT2D eigenvalue weighted by molar-refractivity contribution is 0.0993. The van der Waals surface area contributed by atoms with Crippen LogP contribution in [0.2, 0.25) is 10.0 Å². The van der Waals surface area contributed by atoms with Crippen LogP contribution in [0.4, 0.5) is 0 Å². The molecule has 2 aromatic rings. The SMILES string of the molecule is COc1ccc(CC(=O)c2ccc(Cl)cc2Cl)cc1Br. The maximum atomic E-state index is 12.2. The highest BCUT2D eigenvalue weighted by atomic mass is 79.9. The second-order valence-corrected chi connectivity index (χ2v) is 5.89. The van der Waals surface area contributed by atoms with Crippen LogP contribution in [0, 0.1) is 0 Å². The van der Waals surface area contributed by atoms with Crippen molar-refractivity contribution in [3.05, 3.63) is 62.0 Å². The van der Waals surface area contributed by atoms with Crippen LogP contribution < -0.4 is 4.74 Å². The summed E-state index contributed by atoms with van der Waals surface area (Å²) in [5.74, 6) is 0.675. The number of hydrogen-bond donors (Lipinski definition) is 0. The first kappa shape index (κ1) is 15.4. The molecular formula is C15H11BrCl2O2. The minimum Gasteiger partial charge on any atom is -0.496 e. The van der Waals surface area contributed by atoms with Gasteiger partial charge in [-0.1, -0.05) is 29.3 Å². The highest BCUT2D eigenvalue weighted by Crippen LogP contribution is 2.27. The summed E-state index contributed by atoms with van der Waals surface area (Å²) >= 11 is 15.3. The van der Waals surface area contributed by atoms with Crippen LogP contribution in [0.15, 0.2) is 40.9 Å². The zero-order valence-electron chi connectivity index (χ0n) is 10.6. The highest BCUT2D eigenvalue weighted by molar-refractivity contribution is 9.10. The van der Waals surface area contributed by atoms with Gasteiger partial charge in [-0.25, -0.2) is 0 Å². The molecule has 0 saturated heterocycles. The summed E-state index contributed by atoms with van der Waals surface area (Å²) in [5.41, 5.74) is 1.36. The van der Waals surface area contributed by atoms with Crippen molar-refractivity contribution in [2.75, 3.05) is 7.11 Å². The molecule has 0 amide bonds. The maximum Gasteiger partial charge on any atom is 0.168 e. The Balaban J connectivity index is 2.21. The maximum absolute atomic E-state index is 12.2. The van der Waals surface area contributed by atoms with Gasteiger partial charge in [0.25, 0.3) is 0 Å². The van der Waals surface area contributed by atoms with Gasteiger partial charge in [-0.15, -0.1) is 0 Å². The summed E-state index contributed by atoms with van der Waals surface area (Å²) in [6.45, 7) is 0. The number of ketones is 1. The second kappa shape index (κ2) is 6.61. The van der Waals surface area contributed by atoms with E-state index in [0.717, 1.165) is 15.8 Å². The fraction of sp³-hybridized carbons (Fsp3) is 0.133. The van der Waals surface area contributed by atoms with Crippen molar-refractivity contribution in [3.8, 4) is 5.75 Å². The van der Waals surface area contributed by atoms with Gasteiger partial charge in [0.2, 0.25) is 0 Å². The number of halogens is 3. The summed E-state index contributed by atoms with van der Waals surface area (Å²) in [7, 11) is 1.60. The largest absolute Gasteiger partial charge is 0.496 e. The Labute approximate surface area is 135 Å². The van der Waals surface area contributed by atoms with Gasteiger partial charge >= 0.3 is 0 Å². The van der Waals surface area contributed by atoms with Crippen LogP contribution in [0.25, 0.3) is 0 Å². The monoisotopic (exact) mass is 372 g/mol. The predicted octanol–water partition coefficient (Wildman–Crippen LogP) is 5.19. The van der Waals surface area contributed by atoms with E-state index in [1.54, 1.807) is 25.3 Å². The minimum atomic E-state index is -0.0521. The number of hydrogen-bond acceptors (Lipinski definition) is 2. The molecule has 0 spiro atoms. The lowest BCUT2D eigenvalue weighted by atomic mass is 10.0. The van der Waals surface area contributed by atoms with Gasteiger partial charge in [-0.05, 0) is 51.8 Å². The molecule has 104 valence electrons. The third-order valence-corrected chi connectivity index (χ3v) is 3.98.